The van der Waals surface area contributed by atoms with Gasteiger partial charge in [-0.1, -0.05) is 0 Å². The van der Waals surface area contributed by atoms with Crippen LogP contribution in [-0.4, -0.2) is 30.7 Å². The van der Waals surface area contributed by atoms with E-state index in [2.05, 4.69) is 15.1 Å². The van der Waals surface area contributed by atoms with Gasteiger partial charge in [0, 0.05) is 23.5 Å². The summed E-state index contributed by atoms with van der Waals surface area (Å²) >= 11 is 0. The van der Waals surface area contributed by atoms with E-state index in [1.54, 1.807) is 0 Å². The van der Waals surface area contributed by atoms with Crippen LogP contribution < -0.4 is 0 Å². The molecule has 1 aromatic carbocycles. The third-order valence-corrected chi connectivity index (χ3v) is 2.62. The van der Waals surface area contributed by atoms with Crippen LogP contribution in [0.1, 0.15) is 10.6 Å². The minimum atomic E-state index is -1.30. The van der Waals surface area contributed by atoms with Crippen molar-refractivity contribution in [2.75, 3.05) is 0 Å². The van der Waals surface area contributed by atoms with Gasteiger partial charge in [0.2, 0.25) is 0 Å². The van der Waals surface area contributed by atoms with Crippen molar-refractivity contribution in [3.8, 4) is 11.1 Å². The van der Waals surface area contributed by atoms with Crippen LogP contribution in [0.4, 0.5) is 8.78 Å². The smallest absolute Gasteiger partial charge is 0.375 e. The molecule has 3 rings (SSSR count). The lowest BCUT2D eigenvalue weighted by atomic mass is 10.1. The van der Waals surface area contributed by atoms with Crippen LogP contribution in [0.3, 0.4) is 0 Å². The first-order valence-electron chi connectivity index (χ1n) is 5.46. The Morgan fingerprint density at radius 3 is 2.85 bits per heavy atom. The number of carboxylic acids is 1. The highest BCUT2D eigenvalue weighted by Gasteiger charge is 2.13. The van der Waals surface area contributed by atoms with Gasteiger partial charge >= 0.3 is 5.97 Å². The molecule has 0 radical (unpaired) electrons. The van der Waals surface area contributed by atoms with Crippen molar-refractivity contribution in [3.63, 3.8) is 0 Å². The Labute approximate surface area is 110 Å². The maximum absolute atomic E-state index is 13.7. The first-order valence-corrected chi connectivity index (χ1v) is 5.46. The lowest BCUT2D eigenvalue weighted by Gasteiger charge is -2.03. The zero-order valence-electron chi connectivity index (χ0n) is 9.79. The Morgan fingerprint density at radius 2 is 2.10 bits per heavy atom. The Bertz CT molecular complexity index is 831. The highest BCUT2D eigenvalue weighted by atomic mass is 19.1. The summed E-state index contributed by atoms with van der Waals surface area (Å²) in [6.07, 6.45) is 2.60. The molecule has 0 fully saturated rings. The average Bonchev–Trinajstić information content (AvgIpc) is 2.84. The molecule has 20 heavy (non-hydrogen) atoms. The van der Waals surface area contributed by atoms with Crippen LogP contribution >= 0.6 is 0 Å². The molecule has 0 unspecified atom stereocenters. The van der Waals surface area contributed by atoms with Gasteiger partial charge < -0.3 is 5.11 Å². The lowest BCUT2D eigenvalue weighted by Crippen LogP contribution is -1.99. The minimum Gasteiger partial charge on any atom is -0.475 e. The Kier molecular flexibility index (Phi) is 2.63. The number of benzene rings is 1. The predicted octanol–water partition coefficient (Wildman–Crippen LogP) is 1.77. The van der Waals surface area contributed by atoms with Crippen molar-refractivity contribution >= 4 is 11.7 Å². The molecule has 2 heterocycles. The number of fused-ring (bicyclic) bond motifs is 1. The van der Waals surface area contributed by atoms with Crippen molar-refractivity contribution in [3.05, 3.63) is 48.1 Å². The molecule has 0 bridgehead atoms. The van der Waals surface area contributed by atoms with Gasteiger partial charge in [-0.25, -0.2) is 23.1 Å². The molecular weight excluding hydrogens is 270 g/mol. The number of rotatable bonds is 2. The SMILES string of the molecule is O=C(O)c1nc2ncc(-c3cc(F)ccc3F)cn2n1. The number of carboxylic acid groups (broad SMARTS) is 1. The van der Waals surface area contributed by atoms with Gasteiger partial charge in [-0.05, 0) is 18.2 Å². The van der Waals surface area contributed by atoms with E-state index in [1.165, 1.54) is 12.4 Å². The van der Waals surface area contributed by atoms with Gasteiger partial charge in [-0.2, -0.15) is 4.98 Å². The van der Waals surface area contributed by atoms with Gasteiger partial charge in [0.15, 0.2) is 0 Å². The third-order valence-electron chi connectivity index (χ3n) is 2.62. The van der Waals surface area contributed by atoms with Crippen molar-refractivity contribution in [1.29, 1.82) is 0 Å². The standard InChI is InChI=1S/C12H6F2N4O2/c13-7-1-2-9(14)8(3-7)6-4-15-12-16-10(11(19)20)17-18(12)5-6/h1-5H,(H,19,20). The number of aromatic nitrogens is 4. The fourth-order valence-corrected chi connectivity index (χ4v) is 1.73. The maximum Gasteiger partial charge on any atom is 0.375 e. The third kappa shape index (κ3) is 1.96. The molecular formula is C12H6F2N4O2. The summed E-state index contributed by atoms with van der Waals surface area (Å²) in [6.45, 7) is 0. The van der Waals surface area contributed by atoms with Gasteiger partial charge in [-0.3, -0.25) is 0 Å². The largest absolute Gasteiger partial charge is 0.475 e. The molecule has 0 aliphatic heterocycles. The molecule has 0 aliphatic rings. The van der Waals surface area contributed by atoms with E-state index >= 15 is 0 Å². The Morgan fingerprint density at radius 1 is 1.30 bits per heavy atom. The minimum absolute atomic E-state index is 0.00627. The molecule has 100 valence electrons. The summed E-state index contributed by atoms with van der Waals surface area (Å²) in [5, 5.41) is 12.5. The molecule has 8 heteroatoms. The van der Waals surface area contributed by atoms with Crippen molar-refractivity contribution in [2.45, 2.75) is 0 Å². The summed E-state index contributed by atoms with van der Waals surface area (Å²) in [5.41, 5.74) is 0.267. The molecule has 0 atom stereocenters. The van der Waals surface area contributed by atoms with Gasteiger partial charge in [0.1, 0.15) is 11.6 Å². The van der Waals surface area contributed by atoms with Crippen LogP contribution in [0.15, 0.2) is 30.6 Å². The van der Waals surface area contributed by atoms with Gasteiger partial charge in [0.25, 0.3) is 11.6 Å². The van der Waals surface area contributed by atoms with Crippen molar-refractivity contribution in [2.24, 2.45) is 0 Å². The maximum atomic E-state index is 13.7. The summed E-state index contributed by atoms with van der Waals surface area (Å²) in [7, 11) is 0. The van der Waals surface area contributed by atoms with E-state index in [4.69, 9.17) is 5.11 Å². The quantitative estimate of drug-likeness (QED) is 0.771. The van der Waals surface area contributed by atoms with E-state index in [9.17, 15) is 13.6 Å². The van der Waals surface area contributed by atoms with Gasteiger partial charge in [-0.15, -0.1) is 5.10 Å². The molecule has 3 aromatic rings. The van der Waals surface area contributed by atoms with Crippen molar-refractivity contribution < 1.29 is 18.7 Å². The normalized spacial score (nSPS) is 10.9. The van der Waals surface area contributed by atoms with E-state index in [0.29, 0.717) is 0 Å². The molecule has 0 aliphatic carbocycles. The molecule has 6 nitrogen and oxygen atoms in total. The number of nitrogens with zero attached hydrogens (tertiary/aromatic N) is 4. The molecule has 2 aromatic heterocycles. The van der Waals surface area contributed by atoms with Crippen LogP contribution in [0, 0.1) is 11.6 Å². The van der Waals surface area contributed by atoms with E-state index < -0.39 is 23.4 Å². The van der Waals surface area contributed by atoms with Crippen molar-refractivity contribution in [1.82, 2.24) is 19.6 Å². The highest BCUT2D eigenvalue weighted by Crippen LogP contribution is 2.22. The number of halogens is 2. The van der Waals surface area contributed by atoms with Crippen LogP contribution in [0.25, 0.3) is 16.9 Å². The van der Waals surface area contributed by atoms with Crippen LogP contribution in [-0.2, 0) is 0 Å². The molecule has 1 N–H and O–H groups in total. The Hall–Kier alpha value is -2.90. The zero-order valence-corrected chi connectivity index (χ0v) is 9.79. The number of hydrogen-bond donors (Lipinski definition) is 1. The Balaban J connectivity index is 2.17. The topological polar surface area (TPSA) is 80.4 Å². The second-order valence-electron chi connectivity index (χ2n) is 3.95. The first-order chi connectivity index (χ1) is 9.54. The highest BCUT2D eigenvalue weighted by molar-refractivity contribution is 5.83. The monoisotopic (exact) mass is 276 g/mol. The fraction of sp³-hybridized carbons (Fsp3) is 0. The summed E-state index contributed by atoms with van der Waals surface area (Å²) in [5.74, 6) is -2.87. The molecule has 0 spiro atoms. The first kappa shape index (κ1) is 12.2. The van der Waals surface area contributed by atoms with E-state index in [-0.39, 0.29) is 16.9 Å². The second-order valence-corrected chi connectivity index (χ2v) is 3.95. The molecule has 0 amide bonds. The van der Waals surface area contributed by atoms with E-state index in [1.807, 2.05) is 0 Å². The fourth-order valence-electron chi connectivity index (χ4n) is 1.73. The average molecular weight is 276 g/mol. The zero-order chi connectivity index (χ0) is 14.3. The molecule has 0 saturated carbocycles. The molecule has 0 saturated heterocycles. The summed E-state index contributed by atoms with van der Waals surface area (Å²) < 4.78 is 27.9. The van der Waals surface area contributed by atoms with E-state index in [0.717, 1.165) is 22.7 Å². The predicted molar refractivity (Wildman–Crippen MR) is 63.1 cm³/mol. The number of aromatic carboxylic acids is 1. The number of carbonyl (C=O) groups is 1. The van der Waals surface area contributed by atoms with Crippen LogP contribution in [0.5, 0.6) is 0 Å². The van der Waals surface area contributed by atoms with Gasteiger partial charge in [0.05, 0.1) is 0 Å². The van der Waals surface area contributed by atoms with Crippen LogP contribution in [0.2, 0.25) is 0 Å². The summed E-state index contributed by atoms with van der Waals surface area (Å²) in [4.78, 5) is 18.3. The lowest BCUT2D eigenvalue weighted by molar-refractivity contribution is 0.0684. The second kappa shape index (κ2) is 4.34. The number of hydrogen-bond acceptors (Lipinski definition) is 4. The summed E-state index contributed by atoms with van der Waals surface area (Å²) in [6, 6.07) is 3.02.